The van der Waals surface area contributed by atoms with Gasteiger partial charge < -0.3 is 4.74 Å². The third kappa shape index (κ3) is 3.78. The van der Waals surface area contributed by atoms with Crippen molar-refractivity contribution in [1.29, 1.82) is 0 Å². The Balaban J connectivity index is 1.65. The Morgan fingerprint density at radius 3 is 2.74 bits per heavy atom. The molecule has 2 heterocycles. The van der Waals surface area contributed by atoms with Gasteiger partial charge >= 0.3 is 0 Å². The lowest BCUT2D eigenvalue weighted by atomic mass is 10.1. The maximum absolute atomic E-state index is 5.52. The molecule has 2 aromatic carbocycles. The van der Waals surface area contributed by atoms with Crippen LogP contribution >= 0.6 is 27.3 Å². The van der Waals surface area contributed by atoms with Gasteiger partial charge in [-0.15, -0.1) is 11.3 Å². The molecule has 0 aliphatic heterocycles. The van der Waals surface area contributed by atoms with Gasteiger partial charge in [-0.2, -0.15) is 0 Å². The van der Waals surface area contributed by atoms with Crippen molar-refractivity contribution < 1.29 is 4.74 Å². The molecule has 0 aliphatic carbocycles. The molecule has 0 fully saturated rings. The van der Waals surface area contributed by atoms with Gasteiger partial charge in [-0.1, -0.05) is 46.3 Å². The van der Waals surface area contributed by atoms with E-state index in [1.807, 2.05) is 18.2 Å². The van der Waals surface area contributed by atoms with Gasteiger partial charge in [0.05, 0.1) is 18.5 Å². The van der Waals surface area contributed by atoms with Gasteiger partial charge in [0.1, 0.15) is 5.75 Å². The predicted molar refractivity (Wildman–Crippen MR) is 114 cm³/mol. The Morgan fingerprint density at radius 2 is 1.96 bits per heavy atom. The third-order valence-corrected chi connectivity index (χ3v) is 5.76. The summed E-state index contributed by atoms with van der Waals surface area (Å²) in [6.07, 6.45) is 2.10. The summed E-state index contributed by atoms with van der Waals surface area (Å²) in [4.78, 5) is 8.19. The molecule has 138 valence electrons. The fourth-order valence-electron chi connectivity index (χ4n) is 3.28. The van der Waals surface area contributed by atoms with Crippen LogP contribution in [0.1, 0.15) is 11.3 Å². The summed E-state index contributed by atoms with van der Waals surface area (Å²) in [6.45, 7) is 1.58. The number of aromatic nitrogens is 2. The van der Waals surface area contributed by atoms with E-state index in [0.717, 1.165) is 45.1 Å². The minimum Gasteiger partial charge on any atom is -0.496 e. The molecule has 4 aromatic rings. The first-order chi connectivity index (χ1) is 13.2. The largest absolute Gasteiger partial charge is 0.496 e. The molecule has 4 rings (SSSR count). The van der Waals surface area contributed by atoms with Crippen LogP contribution in [0.4, 0.5) is 0 Å². The highest BCUT2D eigenvalue weighted by Gasteiger charge is 2.17. The van der Waals surface area contributed by atoms with E-state index >= 15 is 0 Å². The zero-order chi connectivity index (χ0) is 18.8. The molecule has 0 amide bonds. The number of hydrogen-bond acceptors (Lipinski definition) is 4. The number of ether oxygens (including phenoxy) is 1. The van der Waals surface area contributed by atoms with Crippen molar-refractivity contribution in [2.75, 3.05) is 14.2 Å². The van der Waals surface area contributed by atoms with Crippen LogP contribution in [-0.4, -0.2) is 28.4 Å². The SMILES string of the molecule is COc1ccc(Br)cc1CN(C)Cc1c(-c2ccccc2)nc2sccn12. The lowest BCUT2D eigenvalue weighted by molar-refractivity contribution is 0.306. The molecule has 4 nitrogen and oxygen atoms in total. The van der Waals surface area contributed by atoms with Gasteiger partial charge in [0, 0.05) is 40.3 Å². The van der Waals surface area contributed by atoms with E-state index in [9.17, 15) is 0 Å². The molecule has 2 aromatic heterocycles. The molecule has 6 heteroatoms. The highest BCUT2D eigenvalue weighted by Crippen LogP contribution is 2.29. The van der Waals surface area contributed by atoms with Gasteiger partial charge in [-0.25, -0.2) is 4.98 Å². The topological polar surface area (TPSA) is 29.8 Å². The Bertz CT molecular complexity index is 1060. The van der Waals surface area contributed by atoms with Crippen molar-refractivity contribution in [1.82, 2.24) is 14.3 Å². The van der Waals surface area contributed by atoms with E-state index in [4.69, 9.17) is 9.72 Å². The second-order valence-electron chi connectivity index (χ2n) is 6.46. The number of nitrogens with zero attached hydrogens (tertiary/aromatic N) is 3. The Labute approximate surface area is 171 Å². The first-order valence-electron chi connectivity index (χ1n) is 8.66. The van der Waals surface area contributed by atoms with Crippen LogP contribution < -0.4 is 4.74 Å². The first-order valence-corrected chi connectivity index (χ1v) is 10.3. The minimum atomic E-state index is 0.786. The smallest absolute Gasteiger partial charge is 0.194 e. The van der Waals surface area contributed by atoms with Crippen LogP contribution in [0.5, 0.6) is 5.75 Å². The van der Waals surface area contributed by atoms with Gasteiger partial charge in [0.25, 0.3) is 0 Å². The third-order valence-electron chi connectivity index (χ3n) is 4.51. The average molecular weight is 442 g/mol. The molecule has 0 atom stereocenters. The predicted octanol–water partition coefficient (Wildman–Crippen LogP) is 5.47. The van der Waals surface area contributed by atoms with Crippen LogP contribution in [0, 0.1) is 0 Å². The Hall–Kier alpha value is -2.15. The van der Waals surface area contributed by atoms with Crippen molar-refractivity contribution in [2.24, 2.45) is 0 Å². The van der Waals surface area contributed by atoms with Crippen molar-refractivity contribution in [3.8, 4) is 17.0 Å². The number of imidazole rings is 1. The van der Waals surface area contributed by atoms with Crippen molar-refractivity contribution in [2.45, 2.75) is 13.1 Å². The van der Waals surface area contributed by atoms with E-state index in [1.165, 1.54) is 5.69 Å². The lowest BCUT2D eigenvalue weighted by Crippen LogP contribution is -2.19. The fraction of sp³-hybridized carbons (Fsp3) is 0.190. The molecule has 0 radical (unpaired) electrons. The van der Waals surface area contributed by atoms with E-state index < -0.39 is 0 Å². The number of methoxy groups -OCH3 is 1. The highest BCUT2D eigenvalue weighted by molar-refractivity contribution is 9.10. The minimum absolute atomic E-state index is 0.786. The fourth-order valence-corrected chi connectivity index (χ4v) is 4.43. The standard InChI is InChI=1S/C21H20BrN3OS/c1-24(13-16-12-17(22)8-9-19(16)26-2)14-18-20(15-6-4-3-5-7-15)23-21-25(18)10-11-27-21/h3-12H,13-14H2,1-2H3. The monoisotopic (exact) mass is 441 g/mol. The summed E-state index contributed by atoms with van der Waals surface area (Å²) in [6, 6.07) is 16.5. The maximum atomic E-state index is 5.52. The van der Waals surface area contributed by atoms with Crippen LogP contribution in [0.15, 0.2) is 64.6 Å². The Kier molecular flexibility index (Phi) is 5.29. The lowest BCUT2D eigenvalue weighted by Gasteiger charge is -2.19. The number of fused-ring (bicyclic) bond motifs is 1. The van der Waals surface area contributed by atoms with Crippen LogP contribution in [0.3, 0.4) is 0 Å². The second-order valence-corrected chi connectivity index (χ2v) is 8.25. The van der Waals surface area contributed by atoms with Gasteiger partial charge in [0.15, 0.2) is 4.96 Å². The van der Waals surface area contributed by atoms with Gasteiger partial charge in [-0.3, -0.25) is 9.30 Å². The zero-order valence-electron chi connectivity index (χ0n) is 15.2. The molecule has 0 unspecified atom stereocenters. The molecule has 27 heavy (non-hydrogen) atoms. The molecule has 0 aliphatic rings. The van der Waals surface area contributed by atoms with Crippen LogP contribution in [0.25, 0.3) is 16.2 Å². The summed E-state index contributed by atoms with van der Waals surface area (Å²) in [7, 11) is 3.84. The summed E-state index contributed by atoms with van der Waals surface area (Å²) < 4.78 is 8.78. The number of halogens is 1. The molecule has 0 spiro atoms. The van der Waals surface area contributed by atoms with Crippen LogP contribution in [0.2, 0.25) is 0 Å². The van der Waals surface area contributed by atoms with Crippen molar-refractivity contribution in [3.05, 3.63) is 75.8 Å². The van der Waals surface area contributed by atoms with Crippen molar-refractivity contribution >= 4 is 32.2 Å². The first kappa shape index (κ1) is 18.2. The number of rotatable bonds is 6. The summed E-state index contributed by atoms with van der Waals surface area (Å²) >= 11 is 5.22. The van der Waals surface area contributed by atoms with E-state index in [-0.39, 0.29) is 0 Å². The number of benzene rings is 2. The number of thiazole rings is 1. The van der Waals surface area contributed by atoms with E-state index in [0.29, 0.717) is 0 Å². The van der Waals surface area contributed by atoms with Gasteiger partial charge in [-0.05, 0) is 25.2 Å². The maximum Gasteiger partial charge on any atom is 0.194 e. The Morgan fingerprint density at radius 1 is 1.15 bits per heavy atom. The summed E-state index contributed by atoms with van der Waals surface area (Å²) in [5.41, 5.74) is 4.56. The quantitative estimate of drug-likeness (QED) is 0.397. The average Bonchev–Trinajstić information content (AvgIpc) is 3.25. The molecule has 0 N–H and O–H groups in total. The second kappa shape index (κ2) is 7.84. The van der Waals surface area contributed by atoms with E-state index in [1.54, 1.807) is 18.4 Å². The normalized spacial score (nSPS) is 11.4. The summed E-state index contributed by atoms with van der Waals surface area (Å²) in [5, 5.41) is 2.08. The molecular weight excluding hydrogens is 422 g/mol. The molecule has 0 saturated carbocycles. The van der Waals surface area contributed by atoms with Gasteiger partial charge in [0.2, 0.25) is 0 Å². The number of hydrogen-bond donors (Lipinski definition) is 0. The molecule has 0 bridgehead atoms. The molecular formula is C21H20BrN3OS. The molecule has 0 saturated heterocycles. The highest BCUT2D eigenvalue weighted by atomic mass is 79.9. The zero-order valence-corrected chi connectivity index (χ0v) is 17.6. The summed E-state index contributed by atoms with van der Waals surface area (Å²) in [5.74, 6) is 0.905. The van der Waals surface area contributed by atoms with E-state index in [2.05, 4.69) is 74.2 Å². The van der Waals surface area contributed by atoms with Crippen molar-refractivity contribution in [3.63, 3.8) is 0 Å². The van der Waals surface area contributed by atoms with Crippen LogP contribution in [-0.2, 0) is 13.1 Å².